The van der Waals surface area contributed by atoms with E-state index >= 15 is 0 Å². The van der Waals surface area contributed by atoms with Crippen LogP contribution in [0.15, 0.2) is 42.5 Å². The molecule has 8 nitrogen and oxygen atoms in total. The number of methoxy groups -OCH3 is 1. The Morgan fingerprint density at radius 3 is 2.56 bits per heavy atom. The van der Waals surface area contributed by atoms with Crippen molar-refractivity contribution in [2.45, 2.75) is 45.2 Å². The van der Waals surface area contributed by atoms with Crippen LogP contribution in [-0.2, 0) is 35.3 Å². The van der Waals surface area contributed by atoms with Crippen molar-refractivity contribution in [3.63, 3.8) is 0 Å². The second-order valence-electron chi connectivity index (χ2n) is 8.73. The molecule has 2 aromatic carbocycles. The number of imidazole rings is 1. The lowest BCUT2D eigenvalue weighted by atomic mass is 9.96. The largest absolute Gasteiger partial charge is 0.483 e. The van der Waals surface area contributed by atoms with Gasteiger partial charge in [-0.25, -0.2) is 9.78 Å². The lowest BCUT2D eigenvalue weighted by molar-refractivity contribution is -0.122. The number of hydrogen-bond donors (Lipinski definition) is 1. The third-order valence-electron chi connectivity index (χ3n) is 6.21. The first-order valence-electron chi connectivity index (χ1n) is 11.6. The highest BCUT2D eigenvalue weighted by molar-refractivity contribution is 5.95. The number of fused-ring (bicyclic) bond motifs is 3. The van der Waals surface area contributed by atoms with Crippen LogP contribution in [0.4, 0.5) is 10.5 Å². The molecule has 1 N–H and O–H groups in total. The number of aryl methyl sites for hydroxylation is 3. The number of rotatable bonds is 6. The highest BCUT2D eigenvalue weighted by atomic mass is 16.5. The Balaban J connectivity index is 0.00000103. The average Bonchev–Trinajstić information content (AvgIpc) is 3.19. The van der Waals surface area contributed by atoms with E-state index in [4.69, 9.17) is 19.6 Å². The minimum absolute atomic E-state index is 0.116. The van der Waals surface area contributed by atoms with Crippen LogP contribution in [0.2, 0.25) is 0 Å². The molecule has 1 unspecified atom stereocenters. The van der Waals surface area contributed by atoms with Crippen LogP contribution < -0.4 is 4.90 Å². The number of benzene rings is 2. The van der Waals surface area contributed by atoms with Crippen LogP contribution in [0.5, 0.6) is 0 Å². The van der Waals surface area contributed by atoms with E-state index < -0.39 is 0 Å². The van der Waals surface area contributed by atoms with Gasteiger partial charge >= 0.3 is 6.09 Å². The van der Waals surface area contributed by atoms with Crippen molar-refractivity contribution in [3.8, 4) is 0 Å². The second kappa shape index (κ2) is 11.7. The summed E-state index contributed by atoms with van der Waals surface area (Å²) >= 11 is 0. The van der Waals surface area contributed by atoms with Gasteiger partial charge in [0.2, 0.25) is 0 Å². The van der Waals surface area contributed by atoms with Crippen molar-refractivity contribution in [3.05, 3.63) is 59.4 Å². The van der Waals surface area contributed by atoms with Crippen molar-refractivity contribution in [2.75, 3.05) is 32.6 Å². The summed E-state index contributed by atoms with van der Waals surface area (Å²) in [5, 5.41) is 6.89. The highest BCUT2D eigenvalue weighted by Crippen LogP contribution is 2.36. The molecule has 0 aliphatic carbocycles. The number of hydrogen-bond acceptors (Lipinski definition) is 5. The van der Waals surface area contributed by atoms with Gasteiger partial charge < -0.3 is 19.3 Å². The number of anilines is 1. The first kappa shape index (κ1) is 25.2. The molecule has 4 rings (SSSR count). The van der Waals surface area contributed by atoms with Crippen LogP contribution >= 0.6 is 0 Å². The molecule has 3 aromatic rings. The maximum Gasteiger partial charge on any atom is 0.414 e. The molecule has 0 saturated carbocycles. The predicted octanol–water partition coefficient (Wildman–Crippen LogP) is 3.99. The zero-order valence-corrected chi connectivity index (χ0v) is 20.4. The Morgan fingerprint density at radius 1 is 1.21 bits per heavy atom. The third-order valence-corrected chi connectivity index (χ3v) is 6.21. The van der Waals surface area contributed by atoms with Crippen LogP contribution in [-0.4, -0.2) is 65.9 Å². The van der Waals surface area contributed by atoms with Crippen LogP contribution in [0.3, 0.4) is 0 Å². The number of likely N-dealkylation sites (N-methyl/N-ethyl adjacent to an activating group) is 1. The summed E-state index contributed by atoms with van der Waals surface area (Å²) in [5.74, 6) is 1.11. The number of carbonyl (C=O) groups is 2. The van der Waals surface area contributed by atoms with Crippen molar-refractivity contribution < 1.29 is 19.4 Å². The van der Waals surface area contributed by atoms with Gasteiger partial charge in [-0.2, -0.15) is 0 Å². The fraction of sp³-hybridized carbons (Fsp3) is 0.423. The van der Waals surface area contributed by atoms with Gasteiger partial charge in [0.05, 0.1) is 23.8 Å². The molecule has 1 aromatic heterocycles. The first-order chi connectivity index (χ1) is 16.4. The molecule has 1 aliphatic rings. The maximum atomic E-state index is 12.5. The molecule has 2 heterocycles. The summed E-state index contributed by atoms with van der Waals surface area (Å²) in [7, 11) is 5.64. The number of carboxylic acid groups (broad SMARTS) is 1. The Labute approximate surface area is 200 Å². The predicted molar refractivity (Wildman–Crippen MR) is 133 cm³/mol. The molecular weight excluding hydrogens is 432 g/mol. The number of carbonyl (C=O) groups excluding carboxylic acids is 1. The topological polar surface area (TPSA) is 87.9 Å². The van der Waals surface area contributed by atoms with Crippen molar-refractivity contribution >= 4 is 29.3 Å². The second-order valence-corrected chi connectivity index (χ2v) is 8.73. The van der Waals surface area contributed by atoms with E-state index in [2.05, 4.69) is 73.0 Å². The van der Waals surface area contributed by atoms with Crippen LogP contribution in [0.25, 0.3) is 11.0 Å². The van der Waals surface area contributed by atoms with Crippen molar-refractivity contribution in [1.29, 1.82) is 0 Å². The Bertz CT molecular complexity index is 1110. The monoisotopic (exact) mass is 466 g/mol. The SMILES string of the molecule is COC(=O)N1c2ccc3c(nc(CCc4ccccc4)n3CCN(C)C)c2CCC1C.O=CO. The third kappa shape index (κ3) is 5.56. The van der Waals surface area contributed by atoms with E-state index in [1.807, 2.05) is 0 Å². The van der Waals surface area contributed by atoms with Crippen molar-refractivity contribution in [1.82, 2.24) is 14.5 Å². The molecule has 1 amide bonds. The van der Waals surface area contributed by atoms with E-state index in [9.17, 15) is 4.79 Å². The lowest BCUT2D eigenvalue weighted by Gasteiger charge is -2.34. The fourth-order valence-corrected chi connectivity index (χ4v) is 4.49. The Morgan fingerprint density at radius 2 is 1.91 bits per heavy atom. The standard InChI is InChI=1S/C25H32N4O2.CH2O2/c1-18-10-12-20-21(29(18)25(30)31-4)13-14-22-24(20)26-23(28(22)17-16-27(2)3)15-11-19-8-6-5-7-9-19;2-1-3/h5-9,13-14,18H,10-12,15-17H2,1-4H3;1H,(H,2,3). The van der Waals surface area contributed by atoms with Gasteiger partial charge in [0, 0.05) is 31.1 Å². The number of nitrogens with zero attached hydrogens (tertiary/aromatic N) is 4. The van der Waals surface area contributed by atoms with E-state index in [0.717, 1.165) is 66.9 Å². The molecular formula is C26H34N4O4. The van der Waals surface area contributed by atoms with E-state index in [1.54, 1.807) is 4.90 Å². The molecule has 0 radical (unpaired) electrons. The number of amides is 1. The molecule has 8 heteroatoms. The van der Waals surface area contributed by atoms with E-state index in [1.165, 1.54) is 12.7 Å². The zero-order chi connectivity index (χ0) is 24.7. The van der Waals surface area contributed by atoms with Crippen LogP contribution in [0, 0.1) is 0 Å². The van der Waals surface area contributed by atoms with Gasteiger partial charge in [0.25, 0.3) is 6.47 Å². The molecule has 0 bridgehead atoms. The minimum atomic E-state index is -0.302. The Kier molecular flexibility index (Phi) is 8.65. The fourth-order valence-electron chi connectivity index (χ4n) is 4.49. The summed E-state index contributed by atoms with van der Waals surface area (Å²) in [6.07, 6.45) is 3.37. The normalized spacial score (nSPS) is 15.0. The van der Waals surface area contributed by atoms with Gasteiger partial charge in [-0.1, -0.05) is 30.3 Å². The number of aromatic nitrogens is 2. The van der Waals surface area contributed by atoms with Gasteiger partial charge in [-0.15, -0.1) is 0 Å². The van der Waals surface area contributed by atoms with E-state index in [-0.39, 0.29) is 18.6 Å². The summed E-state index contributed by atoms with van der Waals surface area (Å²) in [4.78, 5) is 29.9. The molecule has 182 valence electrons. The van der Waals surface area contributed by atoms with Gasteiger partial charge in [-0.3, -0.25) is 9.69 Å². The lowest BCUT2D eigenvalue weighted by Crippen LogP contribution is -2.42. The van der Waals surface area contributed by atoms with Gasteiger partial charge in [-0.05, 0) is 58.0 Å². The summed E-state index contributed by atoms with van der Waals surface area (Å²) in [6.45, 7) is 3.67. The summed E-state index contributed by atoms with van der Waals surface area (Å²) in [6, 6.07) is 14.9. The Hall–Kier alpha value is -3.39. The first-order valence-corrected chi connectivity index (χ1v) is 11.6. The molecule has 0 fully saturated rings. The minimum Gasteiger partial charge on any atom is -0.483 e. The molecule has 1 atom stereocenters. The number of ether oxygens (including phenoxy) is 1. The van der Waals surface area contributed by atoms with Gasteiger partial charge in [0.1, 0.15) is 5.82 Å². The molecule has 34 heavy (non-hydrogen) atoms. The van der Waals surface area contributed by atoms with Crippen molar-refractivity contribution in [2.24, 2.45) is 0 Å². The summed E-state index contributed by atoms with van der Waals surface area (Å²) in [5.41, 5.74) is 5.60. The summed E-state index contributed by atoms with van der Waals surface area (Å²) < 4.78 is 7.43. The maximum absolute atomic E-state index is 12.5. The molecule has 0 saturated heterocycles. The van der Waals surface area contributed by atoms with Crippen LogP contribution in [0.1, 0.15) is 30.3 Å². The molecule has 1 aliphatic heterocycles. The highest BCUT2D eigenvalue weighted by Gasteiger charge is 2.31. The van der Waals surface area contributed by atoms with Gasteiger partial charge in [0.15, 0.2) is 0 Å². The molecule has 0 spiro atoms. The zero-order valence-electron chi connectivity index (χ0n) is 20.4. The average molecular weight is 467 g/mol. The van der Waals surface area contributed by atoms with E-state index in [0.29, 0.717) is 0 Å². The smallest absolute Gasteiger partial charge is 0.414 e. The quantitative estimate of drug-likeness (QED) is 0.553.